The van der Waals surface area contributed by atoms with Crippen molar-refractivity contribution in [3.8, 4) is 0 Å². The molecule has 100 valence electrons. The van der Waals surface area contributed by atoms with Crippen LogP contribution < -0.4 is 0 Å². The number of hydrogen-bond acceptors (Lipinski definition) is 5. The number of nitrogens with zero attached hydrogens (tertiary/aromatic N) is 3. The smallest absolute Gasteiger partial charge is 0.240 e. The number of likely N-dealkylation sites (tertiary alicyclic amines) is 1. The Morgan fingerprint density at radius 2 is 2.05 bits per heavy atom. The molecule has 0 saturated carbocycles. The Labute approximate surface area is 111 Å². The second-order valence-electron chi connectivity index (χ2n) is 5.01. The molecule has 1 aliphatic rings. The first-order valence-electron chi connectivity index (χ1n) is 6.52. The summed E-state index contributed by atoms with van der Waals surface area (Å²) in [6.45, 7) is 2.76. The molecule has 1 N–H and O–H groups in total. The molecule has 0 bridgehead atoms. The summed E-state index contributed by atoms with van der Waals surface area (Å²) >= 11 is 0. The standard InChI is InChI=1S/C14H17N3O2/c18-10-12-7-17(8-12)9-14-15-13(16-19-14)6-11-4-2-1-3-5-11/h1-5,12,18H,6-10H2. The van der Waals surface area contributed by atoms with Crippen molar-refractivity contribution in [1.82, 2.24) is 15.0 Å². The van der Waals surface area contributed by atoms with Crippen molar-refractivity contribution in [2.45, 2.75) is 13.0 Å². The first kappa shape index (κ1) is 12.3. The lowest BCUT2D eigenvalue weighted by molar-refractivity contribution is 0.0402. The van der Waals surface area contributed by atoms with Gasteiger partial charge in [0.2, 0.25) is 5.89 Å². The van der Waals surface area contributed by atoms with Crippen LogP contribution >= 0.6 is 0 Å². The minimum absolute atomic E-state index is 0.263. The Hall–Kier alpha value is -1.72. The van der Waals surface area contributed by atoms with Gasteiger partial charge in [-0.05, 0) is 5.56 Å². The molecule has 5 nitrogen and oxygen atoms in total. The average Bonchev–Trinajstić information content (AvgIpc) is 2.82. The van der Waals surface area contributed by atoms with Gasteiger partial charge in [-0.1, -0.05) is 35.5 Å². The van der Waals surface area contributed by atoms with E-state index in [9.17, 15) is 0 Å². The van der Waals surface area contributed by atoms with E-state index in [1.807, 2.05) is 18.2 Å². The normalized spacial score (nSPS) is 16.5. The summed E-state index contributed by atoms with van der Waals surface area (Å²) in [5.41, 5.74) is 1.18. The molecular formula is C14H17N3O2. The lowest BCUT2D eigenvalue weighted by atomic mass is 10.0. The van der Waals surface area contributed by atoms with Gasteiger partial charge in [0.15, 0.2) is 5.82 Å². The summed E-state index contributed by atoms with van der Waals surface area (Å²) in [6, 6.07) is 10.1. The van der Waals surface area contributed by atoms with Crippen LogP contribution in [-0.4, -0.2) is 39.8 Å². The Balaban J connectivity index is 1.55. The molecule has 1 saturated heterocycles. The van der Waals surface area contributed by atoms with E-state index in [2.05, 4.69) is 27.2 Å². The fourth-order valence-corrected chi connectivity index (χ4v) is 2.32. The monoisotopic (exact) mass is 259 g/mol. The molecule has 2 aromatic rings. The summed E-state index contributed by atoms with van der Waals surface area (Å²) in [5.74, 6) is 1.79. The highest BCUT2D eigenvalue weighted by atomic mass is 16.5. The number of aliphatic hydroxyl groups is 1. The van der Waals surface area contributed by atoms with Gasteiger partial charge in [0.05, 0.1) is 6.54 Å². The number of rotatable bonds is 5. The van der Waals surface area contributed by atoms with Crippen LogP contribution in [0.2, 0.25) is 0 Å². The molecule has 3 rings (SSSR count). The minimum atomic E-state index is 0.263. The summed E-state index contributed by atoms with van der Waals surface area (Å²) in [4.78, 5) is 6.59. The molecule has 19 heavy (non-hydrogen) atoms. The van der Waals surface area contributed by atoms with Crippen molar-refractivity contribution in [3.63, 3.8) is 0 Å². The van der Waals surface area contributed by atoms with E-state index in [-0.39, 0.29) is 6.61 Å². The molecule has 2 heterocycles. The van der Waals surface area contributed by atoms with Crippen LogP contribution in [0.5, 0.6) is 0 Å². The average molecular weight is 259 g/mol. The van der Waals surface area contributed by atoms with Crippen LogP contribution in [0.1, 0.15) is 17.3 Å². The third-order valence-corrected chi connectivity index (χ3v) is 3.37. The molecule has 0 unspecified atom stereocenters. The van der Waals surface area contributed by atoms with Gasteiger partial charge in [-0.2, -0.15) is 4.98 Å². The molecule has 0 aliphatic carbocycles. The van der Waals surface area contributed by atoms with E-state index in [0.717, 1.165) is 18.9 Å². The highest BCUT2D eigenvalue weighted by molar-refractivity contribution is 5.18. The number of benzene rings is 1. The van der Waals surface area contributed by atoms with Crippen molar-refractivity contribution in [2.75, 3.05) is 19.7 Å². The van der Waals surface area contributed by atoms with Crippen molar-refractivity contribution in [2.24, 2.45) is 5.92 Å². The summed E-state index contributed by atoms with van der Waals surface area (Å²) in [7, 11) is 0. The van der Waals surface area contributed by atoms with E-state index in [1.54, 1.807) is 0 Å². The summed E-state index contributed by atoms with van der Waals surface area (Å²) in [5, 5.41) is 13.0. The van der Waals surface area contributed by atoms with Gasteiger partial charge in [0.1, 0.15) is 0 Å². The Bertz CT molecular complexity index is 520. The van der Waals surface area contributed by atoms with Gasteiger partial charge >= 0.3 is 0 Å². The Morgan fingerprint density at radius 3 is 2.79 bits per heavy atom. The molecule has 0 radical (unpaired) electrons. The third kappa shape index (κ3) is 3.00. The zero-order valence-corrected chi connectivity index (χ0v) is 10.7. The van der Waals surface area contributed by atoms with E-state index in [1.165, 1.54) is 5.56 Å². The molecule has 0 spiro atoms. The zero-order chi connectivity index (χ0) is 13.1. The van der Waals surface area contributed by atoms with Gasteiger partial charge in [-0.3, -0.25) is 4.90 Å². The van der Waals surface area contributed by atoms with E-state index < -0.39 is 0 Å². The van der Waals surface area contributed by atoms with Crippen LogP contribution in [0, 0.1) is 5.92 Å². The van der Waals surface area contributed by atoms with Gasteiger partial charge in [0.25, 0.3) is 0 Å². The molecule has 1 aromatic heterocycles. The van der Waals surface area contributed by atoms with Crippen LogP contribution in [0.25, 0.3) is 0 Å². The van der Waals surface area contributed by atoms with Crippen molar-refractivity contribution >= 4 is 0 Å². The largest absolute Gasteiger partial charge is 0.396 e. The van der Waals surface area contributed by atoms with Crippen molar-refractivity contribution in [1.29, 1.82) is 0 Å². The number of hydrogen-bond donors (Lipinski definition) is 1. The van der Waals surface area contributed by atoms with Crippen molar-refractivity contribution in [3.05, 3.63) is 47.6 Å². The molecule has 1 aliphatic heterocycles. The Kier molecular flexibility index (Phi) is 3.57. The zero-order valence-electron chi connectivity index (χ0n) is 10.7. The third-order valence-electron chi connectivity index (χ3n) is 3.37. The van der Waals surface area contributed by atoms with Crippen LogP contribution in [0.15, 0.2) is 34.9 Å². The van der Waals surface area contributed by atoms with Crippen LogP contribution in [-0.2, 0) is 13.0 Å². The van der Waals surface area contributed by atoms with Gasteiger partial charge < -0.3 is 9.63 Å². The minimum Gasteiger partial charge on any atom is -0.396 e. The highest BCUT2D eigenvalue weighted by Gasteiger charge is 2.27. The fourth-order valence-electron chi connectivity index (χ4n) is 2.32. The SMILES string of the molecule is OCC1CN(Cc2nc(Cc3ccccc3)no2)C1. The van der Waals surface area contributed by atoms with Gasteiger partial charge in [-0.25, -0.2) is 0 Å². The maximum atomic E-state index is 8.96. The number of aromatic nitrogens is 2. The van der Waals surface area contributed by atoms with E-state index in [4.69, 9.17) is 9.63 Å². The lowest BCUT2D eigenvalue weighted by Crippen LogP contribution is -2.47. The second kappa shape index (κ2) is 5.50. The van der Waals surface area contributed by atoms with Gasteiger partial charge in [-0.15, -0.1) is 0 Å². The van der Waals surface area contributed by atoms with Gasteiger partial charge in [0, 0.05) is 32.0 Å². The van der Waals surface area contributed by atoms with Crippen LogP contribution in [0.3, 0.4) is 0 Å². The number of aliphatic hydroxyl groups excluding tert-OH is 1. The molecule has 1 fully saturated rings. The quantitative estimate of drug-likeness (QED) is 0.870. The summed E-state index contributed by atoms with van der Waals surface area (Å²) < 4.78 is 5.25. The lowest BCUT2D eigenvalue weighted by Gasteiger charge is -2.36. The Morgan fingerprint density at radius 1 is 1.26 bits per heavy atom. The first-order valence-corrected chi connectivity index (χ1v) is 6.52. The second-order valence-corrected chi connectivity index (χ2v) is 5.01. The molecule has 1 aromatic carbocycles. The summed E-state index contributed by atoms with van der Waals surface area (Å²) in [6.07, 6.45) is 0.698. The van der Waals surface area contributed by atoms with E-state index in [0.29, 0.717) is 24.8 Å². The predicted octanol–water partition coefficient (Wildman–Crippen LogP) is 1.08. The van der Waals surface area contributed by atoms with Crippen molar-refractivity contribution < 1.29 is 9.63 Å². The topological polar surface area (TPSA) is 62.4 Å². The molecule has 0 atom stereocenters. The molecule has 0 amide bonds. The molecular weight excluding hydrogens is 242 g/mol. The fraction of sp³-hybridized carbons (Fsp3) is 0.429. The van der Waals surface area contributed by atoms with Crippen LogP contribution in [0.4, 0.5) is 0 Å². The maximum absolute atomic E-state index is 8.96. The first-order chi connectivity index (χ1) is 9.33. The van der Waals surface area contributed by atoms with E-state index >= 15 is 0 Å². The molecule has 5 heteroatoms. The maximum Gasteiger partial charge on any atom is 0.240 e. The predicted molar refractivity (Wildman–Crippen MR) is 69.4 cm³/mol. The highest BCUT2D eigenvalue weighted by Crippen LogP contribution is 2.17.